The quantitative estimate of drug-likeness (QED) is 0.820. The molecule has 0 saturated carbocycles. The molecule has 0 spiro atoms. The van der Waals surface area contributed by atoms with Crippen molar-refractivity contribution >= 4 is 5.78 Å². The first-order chi connectivity index (χ1) is 8.65. The number of Topliss-reactive ketones (excluding diaryl/α,β-unsaturated/α-hetero) is 1. The van der Waals surface area contributed by atoms with Crippen LogP contribution in [0.15, 0.2) is 18.2 Å². The van der Waals surface area contributed by atoms with Crippen LogP contribution in [-0.2, 0) is 16.0 Å². The zero-order valence-corrected chi connectivity index (χ0v) is 10.7. The SMILES string of the molecule is Cc1cc(F)ccc1CC(=O)CC1CCCCO1. The first-order valence-electron chi connectivity index (χ1n) is 6.53. The van der Waals surface area contributed by atoms with E-state index >= 15 is 0 Å². The standard InChI is InChI=1S/C15H19FO2/c1-11-8-13(16)6-5-12(11)9-14(17)10-15-4-2-3-7-18-15/h5-6,8,15H,2-4,7,9-10H2,1H3. The molecule has 0 bridgehead atoms. The van der Waals surface area contributed by atoms with E-state index in [1.54, 1.807) is 6.07 Å². The van der Waals surface area contributed by atoms with Crippen LogP contribution < -0.4 is 0 Å². The van der Waals surface area contributed by atoms with E-state index in [9.17, 15) is 9.18 Å². The molecule has 1 fully saturated rings. The van der Waals surface area contributed by atoms with Gasteiger partial charge in [0.15, 0.2) is 0 Å². The highest BCUT2D eigenvalue weighted by Gasteiger charge is 2.18. The smallest absolute Gasteiger partial charge is 0.139 e. The van der Waals surface area contributed by atoms with Crippen LogP contribution in [0.3, 0.4) is 0 Å². The molecule has 0 amide bonds. The van der Waals surface area contributed by atoms with Gasteiger partial charge >= 0.3 is 0 Å². The van der Waals surface area contributed by atoms with E-state index in [0.717, 1.165) is 37.0 Å². The van der Waals surface area contributed by atoms with Gasteiger partial charge in [-0.25, -0.2) is 4.39 Å². The van der Waals surface area contributed by atoms with Crippen molar-refractivity contribution in [3.63, 3.8) is 0 Å². The molecule has 18 heavy (non-hydrogen) atoms. The van der Waals surface area contributed by atoms with Crippen LogP contribution in [0.5, 0.6) is 0 Å². The molecule has 1 saturated heterocycles. The Morgan fingerprint density at radius 2 is 2.28 bits per heavy atom. The molecule has 1 aliphatic rings. The molecule has 1 heterocycles. The summed E-state index contributed by atoms with van der Waals surface area (Å²) in [6, 6.07) is 4.58. The minimum atomic E-state index is -0.251. The topological polar surface area (TPSA) is 26.3 Å². The van der Waals surface area contributed by atoms with Crippen LogP contribution in [-0.4, -0.2) is 18.5 Å². The molecule has 2 nitrogen and oxygen atoms in total. The molecule has 0 radical (unpaired) electrons. The first-order valence-corrected chi connectivity index (χ1v) is 6.53. The first kappa shape index (κ1) is 13.2. The second kappa shape index (κ2) is 6.10. The van der Waals surface area contributed by atoms with Gasteiger partial charge in [-0.3, -0.25) is 4.79 Å². The Labute approximate surface area is 107 Å². The molecular weight excluding hydrogens is 231 g/mol. The molecule has 2 rings (SSSR count). The Kier molecular flexibility index (Phi) is 4.48. The number of hydrogen-bond donors (Lipinski definition) is 0. The predicted octanol–water partition coefficient (Wildman–Crippen LogP) is 3.20. The van der Waals surface area contributed by atoms with Gasteiger partial charge in [0.25, 0.3) is 0 Å². The number of carbonyl (C=O) groups excluding carboxylic acids is 1. The summed E-state index contributed by atoms with van der Waals surface area (Å²) < 4.78 is 18.5. The van der Waals surface area contributed by atoms with Gasteiger partial charge in [-0.1, -0.05) is 6.07 Å². The second-order valence-electron chi connectivity index (χ2n) is 4.98. The number of halogens is 1. The monoisotopic (exact) mass is 250 g/mol. The van der Waals surface area contributed by atoms with Crippen molar-refractivity contribution in [2.75, 3.05) is 6.61 Å². The molecule has 0 aromatic heterocycles. The zero-order valence-electron chi connectivity index (χ0n) is 10.7. The molecule has 1 aliphatic heterocycles. The molecule has 0 aliphatic carbocycles. The summed E-state index contributed by atoms with van der Waals surface area (Å²) in [6.45, 7) is 2.61. The van der Waals surface area contributed by atoms with Gasteiger partial charge in [-0.05, 0) is 49.4 Å². The Morgan fingerprint density at radius 3 is 2.94 bits per heavy atom. The lowest BCUT2D eigenvalue weighted by Crippen LogP contribution is -2.23. The summed E-state index contributed by atoms with van der Waals surface area (Å²) in [6.07, 6.45) is 4.18. The summed E-state index contributed by atoms with van der Waals surface area (Å²) >= 11 is 0. The largest absolute Gasteiger partial charge is 0.378 e. The van der Waals surface area contributed by atoms with E-state index < -0.39 is 0 Å². The van der Waals surface area contributed by atoms with E-state index in [-0.39, 0.29) is 17.7 Å². The normalized spacial score (nSPS) is 19.8. The van der Waals surface area contributed by atoms with Gasteiger partial charge in [0, 0.05) is 19.4 Å². The Morgan fingerprint density at radius 1 is 1.44 bits per heavy atom. The zero-order chi connectivity index (χ0) is 13.0. The summed E-state index contributed by atoms with van der Waals surface area (Å²) in [4.78, 5) is 11.9. The second-order valence-corrected chi connectivity index (χ2v) is 4.98. The number of aryl methyl sites for hydroxylation is 1. The van der Waals surface area contributed by atoms with E-state index in [4.69, 9.17) is 4.74 Å². The number of benzene rings is 1. The molecule has 1 aromatic rings. The average Bonchev–Trinajstić information content (AvgIpc) is 2.34. The molecule has 1 unspecified atom stereocenters. The van der Waals surface area contributed by atoms with Crippen molar-refractivity contribution in [1.82, 2.24) is 0 Å². The van der Waals surface area contributed by atoms with Crippen LogP contribution >= 0.6 is 0 Å². The van der Waals surface area contributed by atoms with E-state index in [0.29, 0.717) is 12.8 Å². The lowest BCUT2D eigenvalue weighted by molar-refractivity contribution is -0.122. The van der Waals surface area contributed by atoms with Gasteiger partial charge < -0.3 is 4.74 Å². The minimum absolute atomic E-state index is 0.0898. The maximum Gasteiger partial charge on any atom is 0.139 e. The molecule has 0 N–H and O–H groups in total. The molecule has 1 atom stereocenters. The molecule has 3 heteroatoms. The van der Waals surface area contributed by atoms with E-state index in [2.05, 4.69) is 0 Å². The molecule has 98 valence electrons. The van der Waals surface area contributed by atoms with Crippen LogP contribution in [0.25, 0.3) is 0 Å². The number of rotatable bonds is 4. The van der Waals surface area contributed by atoms with Crippen LogP contribution in [0.2, 0.25) is 0 Å². The lowest BCUT2D eigenvalue weighted by atomic mass is 9.98. The fraction of sp³-hybridized carbons (Fsp3) is 0.533. The summed E-state index contributed by atoms with van der Waals surface area (Å²) in [5.41, 5.74) is 1.75. The van der Waals surface area contributed by atoms with Crippen molar-refractivity contribution in [3.8, 4) is 0 Å². The minimum Gasteiger partial charge on any atom is -0.378 e. The Bertz CT molecular complexity index is 423. The number of carbonyl (C=O) groups is 1. The van der Waals surface area contributed by atoms with Crippen molar-refractivity contribution in [3.05, 3.63) is 35.1 Å². The maximum absolute atomic E-state index is 13.0. The molecular formula is C15H19FO2. The van der Waals surface area contributed by atoms with Crippen LogP contribution in [0, 0.1) is 12.7 Å². The fourth-order valence-electron chi connectivity index (χ4n) is 2.36. The van der Waals surface area contributed by atoms with Gasteiger partial charge in [-0.2, -0.15) is 0 Å². The van der Waals surface area contributed by atoms with Crippen molar-refractivity contribution < 1.29 is 13.9 Å². The average molecular weight is 250 g/mol. The molecule has 1 aromatic carbocycles. The van der Waals surface area contributed by atoms with E-state index in [1.807, 2.05) is 6.92 Å². The number of ether oxygens (including phenoxy) is 1. The third-order valence-corrected chi connectivity index (χ3v) is 3.42. The maximum atomic E-state index is 13.0. The predicted molar refractivity (Wildman–Crippen MR) is 68.1 cm³/mol. The highest BCUT2D eigenvalue weighted by Crippen LogP contribution is 2.18. The Balaban J connectivity index is 1.90. The van der Waals surface area contributed by atoms with Crippen molar-refractivity contribution in [2.24, 2.45) is 0 Å². The summed E-state index contributed by atoms with van der Waals surface area (Å²) in [5, 5.41) is 0. The van der Waals surface area contributed by atoms with Crippen LogP contribution in [0.4, 0.5) is 4.39 Å². The van der Waals surface area contributed by atoms with Crippen LogP contribution in [0.1, 0.15) is 36.8 Å². The van der Waals surface area contributed by atoms with E-state index in [1.165, 1.54) is 12.1 Å². The Hall–Kier alpha value is -1.22. The lowest BCUT2D eigenvalue weighted by Gasteiger charge is -2.21. The summed E-state index contributed by atoms with van der Waals surface area (Å²) in [5.74, 6) is -0.0732. The fourth-order valence-corrected chi connectivity index (χ4v) is 2.36. The number of ketones is 1. The summed E-state index contributed by atoms with van der Waals surface area (Å²) in [7, 11) is 0. The third-order valence-electron chi connectivity index (χ3n) is 3.42. The van der Waals surface area contributed by atoms with Crippen molar-refractivity contribution in [1.29, 1.82) is 0 Å². The van der Waals surface area contributed by atoms with Crippen molar-refractivity contribution in [2.45, 2.75) is 45.1 Å². The van der Waals surface area contributed by atoms with Gasteiger partial charge in [0.1, 0.15) is 11.6 Å². The highest BCUT2D eigenvalue weighted by atomic mass is 19.1. The third kappa shape index (κ3) is 3.64. The van der Waals surface area contributed by atoms with Gasteiger partial charge in [-0.15, -0.1) is 0 Å². The van der Waals surface area contributed by atoms with Gasteiger partial charge in [0.2, 0.25) is 0 Å². The number of hydrogen-bond acceptors (Lipinski definition) is 2. The highest BCUT2D eigenvalue weighted by molar-refractivity contribution is 5.81. The van der Waals surface area contributed by atoms with Gasteiger partial charge in [0.05, 0.1) is 6.10 Å².